The van der Waals surface area contributed by atoms with E-state index in [0.717, 1.165) is 11.0 Å². The number of hydrogen-bond acceptors (Lipinski definition) is 4. The average Bonchev–Trinajstić information content (AvgIpc) is 2.33. The van der Waals surface area contributed by atoms with Crippen molar-refractivity contribution in [3.8, 4) is 6.07 Å². The quantitative estimate of drug-likeness (QED) is 0.839. The number of rotatable bonds is 4. The van der Waals surface area contributed by atoms with Crippen LogP contribution in [0.4, 0.5) is 5.82 Å². The summed E-state index contributed by atoms with van der Waals surface area (Å²) in [6.45, 7) is 4.78. The number of anilines is 1. The predicted molar refractivity (Wildman–Crippen MR) is 69.6 cm³/mol. The summed E-state index contributed by atoms with van der Waals surface area (Å²) in [4.78, 5) is 23.5. The van der Waals surface area contributed by atoms with Crippen LogP contribution in [0.1, 0.15) is 25.8 Å². The maximum absolute atomic E-state index is 11.8. The number of nitrogens with one attached hydrogen (secondary N) is 1. The van der Waals surface area contributed by atoms with Gasteiger partial charge in [0, 0.05) is 20.6 Å². The molecule has 0 aliphatic carbocycles. The minimum absolute atomic E-state index is 0.0247. The second-order valence-electron chi connectivity index (χ2n) is 4.65. The van der Waals surface area contributed by atoms with Gasteiger partial charge in [0.1, 0.15) is 11.9 Å². The van der Waals surface area contributed by atoms with Crippen molar-refractivity contribution in [1.29, 1.82) is 5.26 Å². The van der Waals surface area contributed by atoms with Gasteiger partial charge < -0.3 is 5.32 Å². The molecule has 1 aromatic rings. The van der Waals surface area contributed by atoms with Gasteiger partial charge in [0.15, 0.2) is 5.56 Å². The monoisotopic (exact) mass is 250 g/mol. The Bertz CT molecular complexity index is 590. The molecule has 0 aliphatic heterocycles. The average molecular weight is 250 g/mol. The summed E-state index contributed by atoms with van der Waals surface area (Å²) in [6, 6.07) is 1.86. The van der Waals surface area contributed by atoms with Gasteiger partial charge in [-0.25, -0.2) is 4.79 Å². The first-order valence-electron chi connectivity index (χ1n) is 5.84. The van der Waals surface area contributed by atoms with Gasteiger partial charge in [-0.3, -0.25) is 13.9 Å². The molecule has 0 aromatic carbocycles. The van der Waals surface area contributed by atoms with E-state index in [1.54, 1.807) is 7.05 Å². The van der Waals surface area contributed by atoms with Crippen LogP contribution in [0.3, 0.4) is 0 Å². The molecular weight excluding hydrogens is 232 g/mol. The second-order valence-corrected chi connectivity index (χ2v) is 4.65. The molecule has 1 rings (SSSR count). The van der Waals surface area contributed by atoms with E-state index in [9.17, 15) is 9.59 Å². The molecule has 0 bridgehead atoms. The van der Waals surface area contributed by atoms with E-state index in [1.807, 2.05) is 6.07 Å². The maximum Gasteiger partial charge on any atom is 0.332 e. The predicted octanol–water partition coefficient (Wildman–Crippen LogP) is 0.414. The summed E-state index contributed by atoms with van der Waals surface area (Å²) in [5.41, 5.74) is -1.03. The van der Waals surface area contributed by atoms with Gasteiger partial charge in [-0.2, -0.15) is 5.26 Å². The molecular formula is C12H18N4O2. The van der Waals surface area contributed by atoms with Crippen LogP contribution in [-0.2, 0) is 14.1 Å². The Balaban J connectivity index is 3.23. The van der Waals surface area contributed by atoms with Crippen molar-refractivity contribution in [2.24, 2.45) is 20.0 Å². The van der Waals surface area contributed by atoms with E-state index >= 15 is 0 Å². The van der Waals surface area contributed by atoms with Crippen LogP contribution in [0.25, 0.3) is 0 Å². The SMILES string of the molecule is CC(C)CCNc1c(C#N)c(=O)n(C)c(=O)n1C. The van der Waals surface area contributed by atoms with Gasteiger partial charge in [-0.15, -0.1) is 0 Å². The van der Waals surface area contributed by atoms with Crippen LogP contribution in [0.5, 0.6) is 0 Å². The molecule has 6 heteroatoms. The van der Waals surface area contributed by atoms with Crippen LogP contribution in [0.2, 0.25) is 0 Å². The lowest BCUT2D eigenvalue weighted by Gasteiger charge is -2.14. The summed E-state index contributed by atoms with van der Waals surface area (Å²) in [5, 5.41) is 12.0. The molecule has 0 aliphatic rings. The van der Waals surface area contributed by atoms with Crippen LogP contribution < -0.4 is 16.6 Å². The first kappa shape index (κ1) is 14.0. The van der Waals surface area contributed by atoms with Crippen molar-refractivity contribution in [1.82, 2.24) is 9.13 Å². The van der Waals surface area contributed by atoms with E-state index in [1.165, 1.54) is 11.6 Å². The molecule has 0 spiro atoms. The van der Waals surface area contributed by atoms with E-state index in [0.29, 0.717) is 18.3 Å². The van der Waals surface area contributed by atoms with Gasteiger partial charge in [0.25, 0.3) is 5.56 Å². The Kier molecular flexibility index (Phi) is 4.32. The third-order valence-corrected chi connectivity index (χ3v) is 2.79. The molecule has 18 heavy (non-hydrogen) atoms. The van der Waals surface area contributed by atoms with Crippen LogP contribution in [0, 0.1) is 17.2 Å². The normalized spacial score (nSPS) is 10.4. The molecule has 1 heterocycles. The molecule has 1 aromatic heterocycles. The number of nitrogens with zero attached hydrogens (tertiary/aromatic N) is 3. The first-order valence-corrected chi connectivity index (χ1v) is 5.84. The highest BCUT2D eigenvalue weighted by atomic mass is 16.2. The highest BCUT2D eigenvalue weighted by Crippen LogP contribution is 2.08. The molecule has 0 amide bonds. The summed E-state index contributed by atoms with van der Waals surface area (Å²) in [5.74, 6) is 0.804. The Labute approximate surface area is 105 Å². The Morgan fingerprint density at radius 3 is 2.39 bits per heavy atom. The minimum Gasteiger partial charge on any atom is -0.370 e. The number of nitriles is 1. The fourth-order valence-electron chi connectivity index (χ4n) is 1.63. The largest absolute Gasteiger partial charge is 0.370 e. The topological polar surface area (TPSA) is 79.8 Å². The lowest BCUT2D eigenvalue weighted by atomic mass is 10.1. The van der Waals surface area contributed by atoms with Crippen LogP contribution in [0.15, 0.2) is 9.59 Å². The van der Waals surface area contributed by atoms with Crippen molar-refractivity contribution in [3.05, 3.63) is 26.4 Å². The van der Waals surface area contributed by atoms with E-state index in [4.69, 9.17) is 5.26 Å². The van der Waals surface area contributed by atoms with Gasteiger partial charge in [-0.05, 0) is 12.3 Å². The number of hydrogen-bond donors (Lipinski definition) is 1. The fourth-order valence-corrected chi connectivity index (χ4v) is 1.63. The minimum atomic E-state index is -0.562. The van der Waals surface area contributed by atoms with Crippen LogP contribution >= 0.6 is 0 Å². The van der Waals surface area contributed by atoms with Gasteiger partial charge in [0.05, 0.1) is 0 Å². The van der Waals surface area contributed by atoms with Crippen molar-refractivity contribution in [2.75, 3.05) is 11.9 Å². The van der Waals surface area contributed by atoms with Gasteiger partial charge in [-0.1, -0.05) is 13.8 Å². The van der Waals surface area contributed by atoms with E-state index in [2.05, 4.69) is 19.2 Å². The lowest BCUT2D eigenvalue weighted by Crippen LogP contribution is -2.40. The highest BCUT2D eigenvalue weighted by molar-refractivity contribution is 5.51. The molecule has 0 saturated heterocycles. The molecule has 98 valence electrons. The zero-order valence-electron chi connectivity index (χ0n) is 11.1. The van der Waals surface area contributed by atoms with Crippen molar-refractivity contribution < 1.29 is 0 Å². The summed E-state index contributed by atoms with van der Waals surface area (Å²) < 4.78 is 2.23. The smallest absolute Gasteiger partial charge is 0.332 e. The van der Waals surface area contributed by atoms with Gasteiger partial charge >= 0.3 is 5.69 Å². The molecule has 6 nitrogen and oxygen atoms in total. The molecule has 0 saturated carbocycles. The molecule has 0 radical (unpaired) electrons. The zero-order chi connectivity index (χ0) is 13.9. The van der Waals surface area contributed by atoms with Crippen LogP contribution in [-0.4, -0.2) is 15.7 Å². The second kappa shape index (κ2) is 5.54. The van der Waals surface area contributed by atoms with Crippen molar-refractivity contribution >= 4 is 5.82 Å². The third kappa shape index (κ3) is 2.62. The summed E-state index contributed by atoms with van der Waals surface area (Å²) in [6.07, 6.45) is 0.897. The zero-order valence-corrected chi connectivity index (χ0v) is 11.1. The molecule has 1 N–H and O–H groups in total. The van der Waals surface area contributed by atoms with Crippen molar-refractivity contribution in [2.45, 2.75) is 20.3 Å². The molecule has 0 atom stereocenters. The Hall–Kier alpha value is -2.03. The van der Waals surface area contributed by atoms with E-state index < -0.39 is 11.2 Å². The van der Waals surface area contributed by atoms with Gasteiger partial charge in [0.2, 0.25) is 0 Å². The number of aromatic nitrogens is 2. The standard InChI is InChI=1S/C12H18N4O2/c1-8(2)5-6-14-10-9(7-13)11(17)16(4)12(18)15(10)3/h8,14H,5-6H2,1-4H3. The molecule has 0 fully saturated rings. The molecule has 0 unspecified atom stereocenters. The fraction of sp³-hybridized carbons (Fsp3) is 0.583. The summed E-state index contributed by atoms with van der Waals surface area (Å²) in [7, 11) is 2.91. The Morgan fingerprint density at radius 2 is 1.89 bits per heavy atom. The Morgan fingerprint density at radius 1 is 1.28 bits per heavy atom. The van der Waals surface area contributed by atoms with Crippen molar-refractivity contribution in [3.63, 3.8) is 0 Å². The maximum atomic E-state index is 11.8. The van der Waals surface area contributed by atoms with E-state index in [-0.39, 0.29) is 5.56 Å². The lowest BCUT2D eigenvalue weighted by molar-refractivity contribution is 0.602. The first-order chi connectivity index (χ1) is 8.40. The highest BCUT2D eigenvalue weighted by Gasteiger charge is 2.14. The third-order valence-electron chi connectivity index (χ3n) is 2.79. The summed E-state index contributed by atoms with van der Waals surface area (Å²) >= 11 is 0.